The SMILES string of the molecule is Clc1ncc2cnn(-c3cnccn3)c2n1. The minimum Gasteiger partial charge on any atom is -0.259 e. The Kier molecular flexibility index (Phi) is 2.00. The first-order chi connectivity index (χ1) is 7.84. The molecule has 16 heavy (non-hydrogen) atoms. The van der Waals surface area contributed by atoms with Crippen molar-refractivity contribution in [1.29, 1.82) is 0 Å². The van der Waals surface area contributed by atoms with Crippen molar-refractivity contribution >= 4 is 22.6 Å². The lowest BCUT2D eigenvalue weighted by Gasteiger charge is -1.99. The predicted octanol–water partition coefficient (Wildman–Crippen LogP) is 1.26. The van der Waals surface area contributed by atoms with Gasteiger partial charge in [-0.1, -0.05) is 0 Å². The molecule has 0 aliphatic heterocycles. The molecule has 78 valence electrons. The second-order valence-electron chi connectivity index (χ2n) is 3.04. The molecule has 0 unspecified atom stereocenters. The average Bonchev–Trinajstić information content (AvgIpc) is 2.73. The molecule has 0 saturated carbocycles. The zero-order valence-corrected chi connectivity index (χ0v) is 8.70. The first-order valence-corrected chi connectivity index (χ1v) is 4.85. The number of fused-ring (bicyclic) bond motifs is 1. The zero-order chi connectivity index (χ0) is 11.0. The molecule has 0 fully saturated rings. The smallest absolute Gasteiger partial charge is 0.224 e. The lowest BCUT2D eigenvalue weighted by atomic mass is 10.4. The molecule has 0 aliphatic rings. The number of halogens is 1. The molecule has 0 spiro atoms. The van der Waals surface area contributed by atoms with Gasteiger partial charge in [-0.2, -0.15) is 14.8 Å². The molecule has 0 aromatic carbocycles. The molecule has 3 rings (SSSR count). The maximum Gasteiger partial charge on any atom is 0.224 e. The largest absolute Gasteiger partial charge is 0.259 e. The van der Waals surface area contributed by atoms with Crippen LogP contribution in [0.5, 0.6) is 0 Å². The third-order valence-corrected chi connectivity index (χ3v) is 2.23. The van der Waals surface area contributed by atoms with Gasteiger partial charge in [-0.3, -0.25) is 4.98 Å². The van der Waals surface area contributed by atoms with Gasteiger partial charge < -0.3 is 0 Å². The highest BCUT2D eigenvalue weighted by Gasteiger charge is 2.08. The maximum atomic E-state index is 5.74. The van der Waals surface area contributed by atoms with Gasteiger partial charge in [0, 0.05) is 18.6 Å². The molecule has 3 heterocycles. The fourth-order valence-electron chi connectivity index (χ4n) is 1.36. The van der Waals surface area contributed by atoms with Gasteiger partial charge >= 0.3 is 0 Å². The van der Waals surface area contributed by atoms with Gasteiger partial charge in [0.1, 0.15) is 0 Å². The van der Waals surface area contributed by atoms with Crippen LogP contribution in [-0.2, 0) is 0 Å². The van der Waals surface area contributed by atoms with E-state index in [2.05, 4.69) is 25.0 Å². The van der Waals surface area contributed by atoms with Crippen molar-refractivity contribution in [2.75, 3.05) is 0 Å². The van der Waals surface area contributed by atoms with Crippen molar-refractivity contribution in [2.45, 2.75) is 0 Å². The number of hydrogen-bond acceptors (Lipinski definition) is 5. The van der Waals surface area contributed by atoms with Crippen molar-refractivity contribution in [2.24, 2.45) is 0 Å². The number of hydrogen-bond donors (Lipinski definition) is 0. The summed E-state index contributed by atoms with van der Waals surface area (Å²) in [5.41, 5.74) is 0.612. The van der Waals surface area contributed by atoms with E-state index < -0.39 is 0 Å². The van der Waals surface area contributed by atoms with E-state index in [4.69, 9.17) is 11.6 Å². The Morgan fingerprint density at radius 3 is 2.81 bits per heavy atom. The van der Waals surface area contributed by atoms with Crippen molar-refractivity contribution < 1.29 is 0 Å². The van der Waals surface area contributed by atoms with Gasteiger partial charge in [0.05, 0.1) is 17.8 Å². The Morgan fingerprint density at radius 2 is 2.00 bits per heavy atom. The summed E-state index contributed by atoms with van der Waals surface area (Å²) in [5, 5.41) is 5.14. The van der Waals surface area contributed by atoms with Crippen molar-refractivity contribution in [3.8, 4) is 5.82 Å². The Balaban J connectivity index is 2.29. The quantitative estimate of drug-likeness (QED) is 0.591. The van der Waals surface area contributed by atoms with E-state index in [1.54, 1.807) is 35.7 Å². The summed E-state index contributed by atoms with van der Waals surface area (Å²) in [6.07, 6.45) is 8.05. The van der Waals surface area contributed by atoms with Gasteiger partial charge in [0.25, 0.3) is 0 Å². The highest BCUT2D eigenvalue weighted by molar-refractivity contribution is 6.28. The number of aromatic nitrogens is 6. The van der Waals surface area contributed by atoms with E-state index in [-0.39, 0.29) is 5.28 Å². The molecular formula is C9H5ClN6. The Labute approximate surface area is 95.0 Å². The van der Waals surface area contributed by atoms with Gasteiger partial charge in [0.15, 0.2) is 11.5 Å². The second kappa shape index (κ2) is 3.49. The summed E-state index contributed by atoms with van der Waals surface area (Å²) < 4.78 is 1.57. The molecule has 0 aliphatic carbocycles. The highest BCUT2D eigenvalue weighted by atomic mass is 35.5. The van der Waals surface area contributed by atoms with Crippen LogP contribution in [0.1, 0.15) is 0 Å². The number of rotatable bonds is 1. The van der Waals surface area contributed by atoms with E-state index in [1.807, 2.05) is 0 Å². The van der Waals surface area contributed by atoms with Crippen LogP contribution in [0, 0.1) is 0 Å². The van der Waals surface area contributed by atoms with E-state index in [0.29, 0.717) is 11.5 Å². The molecule has 0 atom stereocenters. The van der Waals surface area contributed by atoms with Gasteiger partial charge in [-0.15, -0.1) is 0 Å². The molecule has 7 heteroatoms. The summed E-state index contributed by atoms with van der Waals surface area (Å²) >= 11 is 5.74. The zero-order valence-electron chi connectivity index (χ0n) is 7.95. The topological polar surface area (TPSA) is 69.4 Å². The molecule has 0 bridgehead atoms. The van der Waals surface area contributed by atoms with E-state index in [1.165, 1.54) is 0 Å². The molecular weight excluding hydrogens is 228 g/mol. The van der Waals surface area contributed by atoms with Gasteiger partial charge in [-0.25, -0.2) is 9.97 Å². The van der Waals surface area contributed by atoms with E-state index >= 15 is 0 Å². The third-order valence-electron chi connectivity index (χ3n) is 2.05. The Morgan fingerprint density at radius 1 is 1.06 bits per heavy atom. The fourth-order valence-corrected chi connectivity index (χ4v) is 1.49. The third kappa shape index (κ3) is 1.40. The Hall–Kier alpha value is -2.08. The lowest BCUT2D eigenvalue weighted by molar-refractivity contribution is 0.852. The summed E-state index contributed by atoms with van der Waals surface area (Å²) in [7, 11) is 0. The maximum absolute atomic E-state index is 5.74. The summed E-state index contributed by atoms with van der Waals surface area (Å²) in [4.78, 5) is 16.1. The van der Waals surface area contributed by atoms with Crippen LogP contribution in [0.3, 0.4) is 0 Å². The van der Waals surface area contributed by atoms with Gasteiger partial charge in [-0.05, 0) is 11.6 Å². The van der Waals surface area contributed by atoms with Crippen LogP contribution in [0.15, 0.2) is 31.0 Å². The number of nitrogens with zero attached hydrogens (tertiary/aromatic N) is 6. The minimum absolute atomic E-state index is 0.179. The lowest BCUT2D eigenvalue weighted by Crippen LogP contribution is -2.00. The second-order valence-corrected chi connectivity index (χ2v) is 3.38. The fraction of sp³-hybridized carbons (Fsp3) is 0. The van der Waals surface area contributed by atoms with Gasteiger partial charge in [0.2, 0.25) is 5.28 Å². The van der Waals surface area contributed by atoms with Crippen molar-refractivity contribution in [1.82, 2.24) is 29.7 Å². The van der Waals surface area contributed by atoms with Crippen LogP contribution in [-0.4, -0.2) is 29.7 Å². The molecule has 0 N–H and O–H groups in total. The Bertz CT molecular complexity index is 635. The van der Waals surface area contributed by atoms with Crippen LogP contribution in [0.25, 0.3) is 16.9 Å². The minimum atomic E-state index is 0.179. The van der Waals surface area contributed by atoms with Crippen molar-refractivity contribution in [3.63, 3.8) is 0 Å². The molecule has 6 nitrogen and oxygen atoms in total. The molecule has 0 radical (unpaired) electrons. The van der Waals surface area contributed by atoms with Crippen LogP contribution < -0.4 is 0 Å². The van der Waals surface area contributed by atoms with Crippen LogP contribution in [0.2, 0.25) is 5.28 Å². The first kappa shape index (κ1) is 9.17. The predicted molar refractivity (Wildman–Crippen MR) is 57.3 cm³/mol. The average molecular weight is 233 g/mol. The summed E-state index contributed by atoms with van der Waals surface area (Å²) in [5.74, 6) is 0.590. The first-order valence-electron chi connectivity index (χ1n) is 4.47. The summed E-state index contributed by atoms with van der Waals surface area (Å²) in [6.45, 7) is 0. The van der Waals surface area contributed by atoms with E-state index in [9.17, 15) is 0 Å². The van der Waals surface area contributed by atoms with E-state index in [0.717, 1.165) is 5.39 Å². The molecule has 0 saturated heterocycles. The highest BCUT2D eigenvalue weighted by Crippen LogP contribution is 2.14. The normalized spacial score (nSPS) is 10.8. The molecule has 0 amide bonds. The summed E-state index contributed by atoms with van der Waals surface area (Å²) in [6, 6.07) is 0. The molecule has 3 aromatic rings. The van der Waals surface area contributed by atoms with Crippen LogP contribution in [0.4, 0.5) is 0 Å². The standard InChI is InChI=1S/C9H5ClN6/c10-9-13-3-6-4-14-16(8(6)15-9)7-5-11-1-2-12-7/h1-5H. The monoisotopic (exact) mass is 232 g/mol. The van der Waals surface area contributed by atoms with Crippen molar-refractivity contribution in [3.05, 3.63) is 36.3 Å². The van der Waals surface area contributed by atoms with Crippen LogP contribution >= 0.6 is 11.6 Å². The molecule has 3 aromatic heterocycles.